The third kappa shape index (κ3) is 4.11. The van der Waals surface area contributed by atoms with Crippen molar-refractivity contribution in [1.82, 2.24) is 5.32 Å². The number of halogens is 2. The van der Waals surface area contributed by atoms with E-state index in [4.69, 9.17) is 4.74 Å². The van der Waals surface area contributed by atoms with Crippen molar-refractivity contribution in [2.75, 3.05) is 13.1 Å². The van der Waals surface area contributed by atoms with E-state index in [2.05, 4.69) is 40.0 Å². The zero-order valence-corrected chi connectivity index (χ0v) is 15.3. The summed E-state index contributed by atoms with van der Waals surface area (Å²) in [6.45, 7) is 4.45. The maximum absolute atomic E-state index is 13.4. The zero-order chi connectivity index (χ0) is 16.2. The average molecular weight is 425 g/mol. The Morgan fingerprint density at radius 1 is 1.26 bits per heavy atom. The first-order valence-corrected chi connectivity index (χ1v) is 9.05. The molecule has 1 fully saturated rings. The molecule has 1 saturated heterocycles. The first-order valence-electron chi connectivity index (χ1n) is 7.97. The van der Waals surface area contributed by atoms with Gasteiger partial charge in [0.25, 0.3) is 0 Å². The van der Waals surface area contributed by atoms with Gasteiger partial charge < -0.3 is 10.1 Å². The molecule has 1 heterocycles. The Morgan fingerprint density at radius 2 is 2.09 bits per heavy atom. The summed E-state index contributed by atoms with van der Waals surface area (Å²) in [6.07, 6.45) is 1.14. The van der Waals surface area contributed by atoms with Gasteiger partial charge in [-0.25, -0.2) is 4.39 Å². The van der Waals surface area contributed by atoms with Gasteiger partial charge in [-0.1, -0.05) is 24.3 Å². The van der Waals surface area contributed by atoms with Crippen molar-refractivity contribution < 1.29 is 9.13 Å². The van der Waals surface area contributed by atoms with Crippen molar-refractivity contribution in [2.45, 2.75) is 32.0 Å². The first-order chi connectivity index (χ1) is 11.1. The monoisotopic (exact) mass is 425 g/mol. The average Bonchev–Trinajstić information content (AvgIpc) is 2.55. The van der Waals surface area contributed by atoms with Gasteiger partial charge in [-0.05, 0) is 77.4 Å². The zero-order valence-electron chi connectivity index (χ0n) is 13.2. The van der Waals surface area contributed by atoms with Crippen LogP contribution in [-0.4, -0.2) is 19.2 Å². The molecule has 3 rings (SSSR count). The van der Waals surface area contributed by atoms with Gasteiger partial charge in [-0.3, -0.25) is 0 Å². The van der Waals surface area contributed by atoms with E-state index in [1.807, 2.05) is 25.1 Å². The van der Waals surface area contributed by atoms with E-state index in [1.54, 1.807) is 12.1 Å². The minimum atomic E-state index is -0.175. The van der Waals surface area contributed by atoms with Crippen LogP contribution in [0.2, 0.25) is 0 Å². The van der Waals surface area contributed by atoms with Crippen LogP contribution in [0.15, 0.2) is 42.5 Å². The van der Waals surface area contributed by atoms with E-state index >= 15 is 0 Å². The van der Waals surface area contributed by atoms with Crippen molar-refractivity contribution in [1.29, 1.82) is 0 Å². The van der Waals surface area contributed by atoms with Crippen molar-refractivity contribution in [3.05, 3.63) is 68.5 Å². The molecule has 0 bridgehead atoms. The minimum absolute atomic E-state index is 0.163. The molecule has 0 spiro atoms. The Labute approximate surface area is 150 Å². The molecule has 0 amide bonds. The highest BCUT2D eigenvalue weighted by molar-refractivity contribution is 14.1. The van der Waals surface area contributed by atoms with Crippen molar-refractivity contribution in [3.63, 3.8) is 0 Å². The molecule has 0 saturated carbocycles. The van der Waals surface area contributed by atoms with Gasteiger partial charge in [0, 0.05) is 16.0 Å². The predicted octanol–water partition coefficient (Wildman–Crippen LogP) is 4.40. The second-order valence-electron chi connectivity index (χ2n) is 6.04. The molecule has 2 aromatic carbocycles. The SMILES string of the molecule is Cc1cc(F)ccc1C1CNCCC1OCc1ccccc1I. The molecule has 2 aromatic rings. The van der Waals surface area contributed by atoms with E-state index < -0.39 is 0 Å². The molecule has 2 atom stereocenters. The molecule has 0 radical (unpaired) electrons. The molecular formula is C19H21FINO. The van der Waals surface area contributed by atoms with Crippen LogP contribution in [0.5, 0.6) is 0 Å². The smallest absolute Gasteiger partial charge is 0.123 e. The lowest BCUT2D eigenvalue weighted by Crippen LogP contribution is -2.40. The largest absolute Gasteiger partial charge is 0.373 e. The van der Waals surface area contributed by atoms with Crippen molar-refractivity contribution in [3.8, 4) is 0 Å². The highest BCUT2D eigenvalue weighted by Gasteiger charge is 2.28. The summed E-state index contributed by atoms with van der Waals surface area (Å²) in [5, 5.41) is 3.44. The summed E-state index contributed by atoms with van der Waals surface area (Å²) >= 11 is 2.35. The number of aryl methyl sites for hydroxylation is 1. The van der Waals surface area contributed by atoms with Crippen LogP contribution in [-0.2, 0) is 11.3 Å². The fourth-order valence-corrected chi connectivity index (χ4v) is 3.75. The Kier molecular flexibility index (Phi) is 5.67. The van der Waals surface area contributed by atoms with Gasteiger partial charge in [0.2, 0.25) is 0 Å². The molecular weight excluding hydrogens is 404 g/mol. The van der Waals surface area contributed by atoms with Crippen LogP contribution in [0.25, 0.3) is 0 Å². The Bertz CT molecular complexity index is 676. The standard InChI is InChI=1S/C19H21FINO/c1-13-10-15(20)6-7-16(13)17-11-22-9-8-19(17)23-12-14-4-2-3-5-18(14)21/h2-7,10,17,19,22H,8-9,11-12H2,1H3. The summed E-state index contributed by atoms with van der Waals surface area (Å²) in [4.78, 5) is 0. The maximum Gasteiger partial charge on any atom is 0.123 e. The van der Waals surface area contributed by atoms with Gasteiger partial charge in [0.1, 0.15) is 5.82 Å². The van der Waals surface area contributed by atoms with Gasteiger partial charge in [-0.2, -0.15) is 0 Å². The molecule has 2 unspecified atom stereocenters. The van der Waals surface area contributed by atoms with Crippen LogP contribution in [0.1, 0.15) is 29.0 Å². The molecule has 2 nitrogen and oxygen atoms in total. The fraction of sp³-hybridized carbons (Fsp3) is 0.368. The number of nitrogens with one attached hydrogen (secondary N) is 1. The van der Waals surface area contributed by atoms with Crippen molar-refractivity contribution in [2.24, 2.45) is 0 Å². The van der Waals surface area contributed by atoms with E-state index in [1.165, 1.54) is 14.7 Å². The van der Waals surface area contributed by atoms with Crippen molar-refractivity contribution >= 4 is 22.6 Å². The van der Waals surface area contributed by atoms with E-state index in [-0.39, 0.29) is 17.8 Å². The highest BCUT2D eigenvalue weighted by atomic mass is 127. The van der Waals surface area contributed by atoms with Crippen LogP contribution in [0.3, 0.4) is 0 Å². The minimum Gasteiger partial charge on any atom is -0.373 e. The predicted molar refractivity (Wildman–Crippen MR) is 99.1 cm³/mol. The molecule has 23 heavy (non-hydrogen) atoms. The highest BCUT2D eigenvalue weighted by Crippen LogP contribution is 2.30. The van der Waals surface area contributed by atoms with E-state index in [0.717, 1.165) is 25.1 Å². The number of rotatable bonds is 4. The summed E-state index contributed by atoms with van der Waals surface area (Å²) in [5.74, 6) is 0.0945. The fourth-order valence-electron chi connectivity index (χ4n) is 3.21. The normalized spacial score (nSPS) is 21.3. The van der Waals surface area contributed by atoms with Gasteiger partial charge >= 0.3 is 0 Å². The lowest BCUT2D eigenvalue weighted by atomic mass is 9.86. The van der Waals surface area contributed by atoms with Crippen LogP contribution in [0, 0.1) is 16.3 Å². The summed E-state index contributed by atoms with van der Waals surface area (Å²) in [6, 6.07) is 13.4. The molecule has 1 N–H and O–H groups in total. The second kappa shape index (κ2) is 7.73. The summed E-state index contributed by atoms with van der Waals surface area (Å²) < 4.78 is 20.9. The summed E-state index contributed by atoms with van der Waals surface area (Å²) in [5.41, 5.74) is 3.41. The first kappa shape index (κ1) is 16.9. The Morgan fingerprint density at radius 3 is 2.87 bits per heavy atom. The lowest BCUT2D eigenvalue weighted by molar-refractivity contribution is 0.00649. The number of benzene rings is 2. The number of hydrogen-bond acceptors (Lipinski definition) is 2. The lowest BCUT2D eigenvalue weighted by Gasteiger charge is -2.33. The molecule has 0 aliphatic carbocycles. The molecule has 1 aliphatic rings. The number of piperidine rings is 1. The third-order valence-corrected chi connectivity index (χ3v) is 5.51. The van der Waals surface area contributed by atoms with Crippen LogP contribution >= 0.6 is 22.6 Å². The second-order valence-corrected chi connectivity index (χ2v) is 7.20. The molecule has 4 heteroatoms. The van der Waals surface area contributed by atoms with Crippen LogP contribution in [0.4, 0.5) is 4.39 Å². The summed E-state index contributed by atoms with van der Waals surface area (Å²) in [7, 11) is 0. The molecule has 0 aromatic heterocycles. The third-order valence-electron chi connectivity index (χ3n) is 4.46. The maximum atomic E-state index is 13.4. The molecule has 122 valence electrons. The Balaban J connectivity index is 1.75. The van der Waals surface area contributed by atoms with E-state index in [0.29, 0.717) is 6.61 Å². The Hall–Kier alpha value is -0.980. The topological polar surface area (TPSA) is 21.3 Å². The van der Waals surface area contributed by atoms with Gasteiger partial charge in [0.15, 0.2) is 0 Å². The van der Waals surface area contributed by atoms with Gasteiger partial charge in [0.05, 0.1) is 12.7 Å². The number of ether oxygens (including phenoxy) is 1. The van der Waals surface area contributed by atoms with E-state index in [9.17, 15) is 4.39 Å². The van der Waals surface area contributed by atoms with Crippen LogP contribution < -0.4 is 5.32 Å². The number of hydrogen-bond donors (Lipinski definition) is 1. The molecule has 1 aliphatic heterocycles. The quantitative estimate of drug-likeness (QED) is 0.734. The van der Waals surface area contributed by atoms with Gasteiger partial charge in [-0.15, -0.1) is 0 Å².